The Morgan fingerprint density at radius 2 is 1.86 bits per heavy atom. The summed E-state index contributed by atoms with van der Waals surface area (Å²) in [4.78, 5) is 0. The van der Waals surface area contributed by atoms with Crippen LogP contribution in [0.3, 0.4) is 0 Å². The summed E-state index contributed by atoms with van der Waals surface area (Å²) in [6.07, 6.45) is 1.74. The van der Waals surface area contributed by atoms with Crippen LogP contribution in [0.2, 0.25) is 0 Å². The first-order valence-electron chi connectivity index (χ1n) is 1.47. The zero-order valence-corrected chi connectivity index (χ0v) is 9.12. The zero-order valence-electron chi connectivity index (χ0n) is 3.66. The molecule has 0 aliphatic rings. The van der Waals surface area contributed by atoms with E-state index in [1.54, 1.807) is 6.08 Å². The van der Waals surface area contributed by atoms with E-state index in [0.717, 1.165) is 5.75 Å². The average Bonchev–Trinajstić information content (AvgIpc) is 1.69. The summed E-state index contributed by atoms with van der Waals surface area (Å²) in [7, 11) is 8.75. The Labute approximate surface area is 65.2 Å². The molecule has 0 bridgehead atoms. The Balaban J connectivity index is 0. The van der Waals surface area contributed by atoms with Crippen LogP contribution in [-0.4, -0.2) is 5.75 Å². The van der Waals surface area contributed by atoms with Gasteiger partial charge in [-0.05, 0) is 0 Å². The van der Waals surface area contributed by atoms with Crippen molar-refractivity contribution in [1.82, 2.24) is 0 Å². The van der Waals surface area contributed by atoms with Gasteiger partial charge in [-0.25, -0.2) is 0 Å². The summed E-state index contributed by atoms with van der Waals surface area (Å²) in [6, 6.07) is 0. The van der Waals surface area contributed by atoms with Crippen LogP contribution in [0.5, 0.6) is 0 Å². The molecule has 0 spiro atoms. The van der Waals surface area contributed by atoms with Gasteiger partial charge in [0.2, 0.25) is 0 Å². The van der Waals surface area contributed by atoms with E-state index in [2.05, 4.69) is 38.9 Å². The minimum atomic E-state index is -0.583. The fraction of sp³-hybridized carbons (Fsp3) is 0.333. The summed E-state index contributed by atoms with van der Waals surface area (Å²) in [5, 5.41) is 0. The predicted molar refractivity (Wildman–Crippen MR) is 39.2 cm³/mol. The molecule has 0 aliphatic carbocycles. The molecule has 0 N–H and O–H groups in total. The molecule has 0 saturated heterocycles. The molecule has 0 aromatic heterocycles. The second kappa shape index (κ2) is 15.7. The molecule has 0 aliphatic heterocycles. The van der Waals surface area contributed by atoms with Crippen LogP contribution in [0.25, 0.3) is 0 Å². The Bertz CT molecular complexity index is 64.6. The fourth-order valence-electron chi connectivity index (χ4n) is 0. The molecule has 0 saturated carbocycles. The monoisotopic (exact) mass is 322 g/mol. The molecule has 0 radical (unpaired) electrons. The molecule has 0 heterocycles. The van der Waals surface area contributed by atoms with Crippen molar-refractivity contribution >= 4 is 32.3 Å². The van der Waals surface area contributed by atoms with Crippen molar-refractivity contribution in [2.45, 2.75) is 0 Å². The van der Waals surface area contributed by atoms with Crippen LogP contribution < -0.4 is 0 Å². The van der Waals surface area contributed by atoms with Gasteiger partial charge in [-0.3, -0.25) is 0 Å². The maximum atomic E-state index is 4.38. The summed E-state index contributed by atoms with van der Waals surface area (Å²) in [6.45, 7) is 3.40. The third-order valence-corrected chi connectivity index (χ3v) is 0.387. The topological polar surface area (TPSA) is 0 Å². The first-order valence-corrected chi connectivity index (χ1v) is 9.95. The van der Waals surface area contributed by atoms with Crippen molar-refractivity contribution in [2.75, 3.05) is 5.75 Å². The Kier molecular flexibility index (Phi) is 24.8. The molecule has 0 rings (SSSR count). The molecular weight excluding hydrogens is 316 g/mol. The van der Waals surface area contributed by atoms with Crippen molar-refractivity contribution in [3.05, 3.63) is 12.7 Å². The van der Waals surface area contributed by atoms with Gasteiger partial charge < -0.3 is 0 Å². The van der Waals surface area contributed by atoms with E-state index >= 15 is 0 Å². The van der Waals surface area contributed by atoms with E-state index in [-0.39, 0.29) is 0 Å². The van der Waals surface area contributed by atoms with Gasteiger partial charge in [0.05, 0.1) is 0 Å². The van der Waals surface area contributed by atoms with Crippen molar-refractivity contribution < 1.29 is 14.9 Å². The van der Waals surface area contributed by atoms with Gasteiger partial charge in [-0.2, -0.15) is 12.6 Å². The van der Waals surface area contributed by atoms with Gasteiger partial charge in [0.1, 0.15) is 0 Å². The average molecular weight is 322 g/mol. The van der Waals surface area contributed by atoms with E-state index in [0.29, 0.717) is 0 Å². The molecule has 0 fully saturated rings. The third-order valence-electron chi connectivity index (χ3n) is 0.129. The summed E-state index contributed by atoms with van der Waals surface area (Å²) >= 11 is 3.22. The molecule has 0 aromatic rings. The van der Waals surface area contributed by atoms with E-state index in [1.165, 1.54) is 0 Å². The molecule has 0 atom stereocenters. The van der Waals surface area contributed by atoms with E-state index in [4.69, 9.17) is 0 Å². The molecule has 0 aromatic carbocycles. The first-order chi connectivity index (χ1) is 3.33. The van der Waals surface area contributed by atoms with Crippen LogP contribution in [-0.2, 0) is 14.9 Å². The quantitative estimate of drug-likeness (QED) is 0.582. The van der Waals surface area contributed by atoms with Gasteiger partial charge in [0.15, 0.2) is 0 Å². The van der Waals surface area contributed by atoms with Crippen molar-refractivity contribution in [2.24, 2.45) is 0 Å². The van der Waals surface area contributed by atoms with Crippen LogP contribution in [0.4, 0.5) is 0 Å². The molecule has 0 nitrogen and oxygen atoms in total. The van der Waals surface area contributed by atoms with Crippen molar-refractivity contribution in [1.29, 1.82) is 0 Å². The normalized spacial score (nSPS) is 5.29. The van der Waals surface area contributed by atoms with Crippen molar-refractivity contribution in [3.63, 3.8) is 0 Å². The van der Waals surface area contributed by atoms with Crippen molar-refractivity contribution in [3.8, 4) is 0 Å². The second-order valence-corrected chi connectivity index (χ2v) is 5.85. The fourth-order valence-corrected chi connectivity index (χ4v) is 0. The van der Waals surface area contributed by atoms with Crippen LogP contribution in [0.1, 0.15) is 0 Å². The van der Waals surface area contributed by atoms with Gasteiger partial charge in [0.25, 0.3) is 0 Å². The Morgan fingerprint density at radius 3 is 1.86 bits per heavy atom. The van der Waals surface area contributed by atoms with E-state index in [9.17, 15) is 0 Å². The Morgan fingerprint density at radius 1 is 1.71 bits per heavy atom. The molecule has 0 unspecified atom stereocenters. The zero-order chi connectivity index (χ0) is 6.12. The maximum absolute atomic E-state index is 4.38. The number of rotatable bonds is 1. The first kappa shape index (κ1) is 11.1. The Hall–Kier alpha value is 1.22. The van der Waals surface area contributed by atoms with E-state index in [1.807, 2.05) is 0 Å². The van der Waals surface area contributed by atoms with Crippen LogP contribution >= 0.6 is 32.3 Å². The number of hydrogen-bond acceptors (Lipinski definition) is 3. The minimum absolute atomic E-state index is 0.583. The molecule has 0 amide bonds. The van der Waals surface area contributed by atoms with E-state index < -0.39 is 14.9 Å². The molecule has 7 heavy (non-hydrogen) atoms. The summed E-state index contributed by atoms with van der Waals surface area (Å²) in [5.74, 6) is 0.778. The van der Waals surface area contributed by atoms with Gasteiger partial charge in [-0.15, -0.1) is 6.58 Å². The predicted octanol–water partition coefficient (Wildman–Crippen LogP) is 2.40. The second-order valence-electron chi connectivity index (χ2n) is 0.539. The SMILES string of the molecule is C=CCS.[S]=[W]=[S]. The molecule has 42 valence electrons. The third kappa shape index (κ3) is 39.9. The number of thiol groups is 1. The summed E-state index contributed by atoms with van der Waals surface area (Å²) < 4.78 is 0. The molecule has 4 heteroatoms. The standard InChI is InChI=1S/C3H6S.2S.W/c1-2-3-4;;;/h2,4H,1,3H2;;;. The van der Waals surface area contributed by atoms with Gasteiger partial charge >= 0.3 is 34.6 Å². The number of hydrogen-bond donors (Lipinski definition) is 1. The van der Waals surface area contributed by atoms with Crippen LogP contribution in [0.15, 0.2) is 12.7 Å². The van der Waals surface area contributed by atoms with Crippen LogP contribution in [0, 0.1) is 0 Å². The molecular formula is C3H6S3W. The summed E-state index contributed by atoms with van der Waals surface area (Å²) in [5.41, 5.74) is 0. The van der Waals surface area contributed by atoms with Gasteiger partial charge in [-0.1, -0.05) is 6.08 Å². The van der Waals surface area contributed by atoms with Gasteiger partial charge in [0, 0.05) is 5.75 Å².